The molecule has 1 amide bonds. The molecule has 0 radical (unpaired) electrons. The molecule has 0 saturated carbocycles. The van der Waals surface area contributed by atoms with Gasteiger partial charge in [0, 0.05) is 22.0 Å². The van der Waals surface area contributed by atoms with Crippen molar-refractivity contribution >= 4 is 40.1 Å². The Labute approximate surface area is 161 Å². The number of anilines is 1. The summed E-state index contributed by atoms with van der Waals surface area (Å²) in [5.74, 6) is 0.572. The molecule has 1 heterocycles. The quantitative estimate of drug-likeness (QED) is 0.570. The normalized spacial score (nSPS) is 10.8. The van der Waals surface area contributed by atoms with Crippen molar-refractivity contribution in [3.8, 4) is 17.0 Å². The zero-order valence-corrected chi connectivity index (χ0v) is 15.7. The second-order valence-electron chi connectivity index (χ2n) is 5.34. The molecule has 0 fully saturated rings. The van der Waals surface area contributed by atoms with Crippen molar-refractivity contribution in [2.45, 2.75) is 6.92 Å². The number of rotatable bonds is 6. The van der Waals surface area contributed by atoms with Gasteiger partial charge in [0.1, 0.15) is 5.75 Å². The fourth-order valence-corrected chi connectivity index (χ4v) is 3.23. The maximum atomic E-state index is 12.1. The Morgan fingerprint density at radius 3 is 2.73 bits per heavy atom. The topological polar surface area (TPSA) is 51.2 Å². The standard InChI is InChI=1S/C20H17ClN2O2S/c1-2-25-15-10-7-14(8-11-15)9-12-19(24)23-20-22-18(13-26-20)16-5-3-4-6-17(16)21/h3-13H,2H2,1H3,(H,22,23,24)/b12-9+. The summed E-state index contributed by atoms with van der Waals surface area (Å²) in [6.45, 7) is 2.56. The first kappa shape index (κ1) is 18.2. The van der Waals surface area contributed by atoms with Crippen molar-refractivity contribution in [2.75, 3.05) is 11.9 Å². The third-order valence-corrected chi connectivity index (χ3v) is 4.59. The number of hydrogen-bond acceptors (Lipinski definition) is 4. The number of thiazole rings is 1. The summed E-state index contributed by atoms with van der Waals surface area (Å²) in [5, 5.41) is 5.79. The highest BCUT2D eigenvalue weighted by molar-refractivity contribution is 7.14. The summed E-state index contributed by atoms with van der Waals surface area (Å²) in [7, 11) is 0. The van der Waals surface area contributed by atoms with Gasteiger partial charge in [-0.05, 0) is 36.8 Å². The van der Waals surface area contributed by atoms with E-state index in [4.69, 9.17) is 16.3 Å². The Hall–Kier alpha value is -2.63. The highest BCUT2D eigenvalue weighted by Gasteiger charge is 2.08. The van der Waals surface area contributed by atoms with Crippen LogP contribution < -0.4 is 10.1 Å². The summed E-state index contributed by atoms with van der Waals surface area (Å²) >= 11 is 7.54. The fraction of sp³-hybridized carbons (Fsp3) is 0.100. The van der Waals surface area contributed by atoms with Crippen LogP contribution in [0.5, 0.6) is 5.75 Å². The maximum absolute atomic E-state index is 12.1. The van der Waals surface area contributed by atoms with Gasteiger partial charge in [-0.2, -0.15) is 0 Å². The van der Waals surface area contributed by atoms with Crippen LogP contribution in [0.2, 0.25) is 5.02 Å². The van der Waals surface area contributed by atoms with Crippen LogP contribution in [0.4, 0.5) is 5.13 Å². The van der Waals surface area contributed by atoms with Gasteiger partial charge in [-0.1, -0.05) is 41.9 Å². The number of aromatic nitrogens is 1. The molecule has 3 aromatic rings. The molecule has 0 spiro atoms. The lowest BCUT2D eigenvalue weighted by Gasteiger charge is -2.02. The molecule has 0 saturated heterocycles. The van der Waals surface area contributed by atoms with Crippen LogP contribution in [-0.2, 0) is 4.79 Å². The number of carbonyl (C=O) groups is 1. The average Bonchev–Trinajstić information content (AvgIpc) is 3.10. The molecule has 0 aliphatic carbocycles. The van der Waals surface area contributed by atoms with Gasteiger partial charge in [0.2, 0.25) is 5.91 Å². The number of nitrogens with zero attached hydrogens (tertiary/aromatic N) is 1. The van der Waals surface area contributed by atoms with Crippen molar-refractivity contribution in [1.29, 1.82) is 0 Å². The van der Waals surface area contributed by atoms with Crippen molar-refractivity contribution in [3.63, 3.8) is 0 Å². The van der Waals surface area contributed by atoms with E-state index in [2.05, 4.69) is 10.3 Å². The molecule has 4 nitrogen and oxygen atoms in total. The van der Waals surface area contributed by atoms with Crippen molar-refractivity contribution < 1.29 is 9.53 Å². The first-order chi connectivity index (χ1) is 12.7. The van der Waals surface area contributed by atoms with E-state index in [1.807, 2.05) is 60.8 Å². The van der Waals surface area contributed by atoms with Gasteiger partial charge in [0.15, 0.2) is 5.13 Å². The zero-order chi connectivity index (χ0) is 18.4. The third-order valence-electron chi connectivity index (χ3n) is 3.50. The Morgan fingerprint density at radius 2 is 2.00 bits per heavy atom. The van der Waals surface area contributed by atoms with Crippen LogP contribution in [0.3, 0.4) is 0 Å². The van der Waals surface area contributed by atoms with E-state index in [9.17, 15) is 4.79 Å². The van der Waals surface area contributed by atoms with E-state index in [1.54, 1.807) is 6.08 Å². The Balaban J connectivity index is 1.62. The summed E-state index contributed by atoms with van der Waals surface area (Å²) in [5.41, 5.74) is 2.50. The predicted molar refractivity (Wildman–Crippen MR) is 108 cm³/mol. The number of benzene rings is 2. The number of ether oxygens (including phenoxy) is 1. The van der Waals surface area contributed by atoms with Gasteiger partial charge in [0.25, 0.3) is 0 Å². The number of halogens is 1. The van der Waals surface area contributed by atoms with E-state index < -0.39 is 0 Å². The molecular formula is C20H17ClN2O2S. The molecule has 2 aromatic carbocycles. The van der Waals surface area contributed by atoms with Gasteiger partial charge in [-0.15, -0.1) is 11.3 Å². The molecular weight excluding hydrogens is 368 g/mol. The number of amides is 1. The summed E-state index contributed by atoms with van der Waals surface area (Å²) in [6, 6.07) is 15.0. The van der Waals surface area contributed by atoms with Crippen LogP contribution >= 0.6 is 22.9 Å². The highest BCUT2D eigenvalue weighted by atomic mass is 35.5. The maximum Gasteiger partial charge on any atom is 0.250 e. The largest absolute Gasteiger partial charge is 0.494 e. The lowest BCUT2D eigenvalue weighted by Crippen LogP contribution is -2.07. The SMILES string of the molecule is CCOc1ccc(/C=C/C(=O)Nc2nc(-c3ccccc3Cl)cs2)cc1. The van der Waals surface area contributed by atoms with Crippen LogP contribution in [0.25, 0.3) is 17.3 Å². The van der Waals surface area contributed by atoms with Crippen molar-refractivity contribution in [3.05, 3.63) is 70.6 Å². The highest BCUT2D eigenvalue weighted by Crippen LogP contribution is 2.30. The minimum absolute atomic E-state index is 0.237. The minimum Gasteiger partial charge on any atom is -0.494 e. The van der Waals surface area contributed by atoms with Crippen molar-refractivity contribution in [1.82, 2.24) is 4.98 Å². The average molecular weight is 385 g/mol. The van der Waals surface area contributed by atoms with Crippen LogP contribution in [0, 0.1) is 0 Å². The number of nitrogens with one attached hydrogen (secondary N) is 1. The first-order valence-electron chi connectivity index (χ1n) is 8.08. The fourth-order valence-electron chi connectivity index (χ4n) is 2.28. The van der Waals surface area contributed by atoms with Gasteiger partial charge in [-0.25, -0.2) is 4.98 Å². The Kier molecular flexibility index (Phi) is 6.04. The minimum atomic E-state index is -0.237. The summed E-state index contributed by atoms with van der Waals surface area (Å²) in [6.07, 6.45) is 3.22. The molecule has 0 aliphatic rings. The second kappa shape index (κ2) is 8.65. The van der Waals surface area contributed by atoms with E-state index in [1.165, 1.54) is 17.4 Å². The number of hydrogen-bond donors (Lipinski definition) is 1. The molecule has 132 valence electrons. The summed E-state index contributed by atoms with van der Waals surface area (Å²) in [4.78, 5) is 16.5. The molecule has 0 atom stereocenters. The lowest BCUT2D eigenvalue weighted by molar-refractivity contribution is -0.111. The molecule has 0 unspecified atom stereocenters. The van der Waals surface area contributed by atoms with Gasteiger partial charge in [0.05, 0.1) is 12.3 Å². The van der Waals surface area contributed by atoms with Gasteiger partial charge >= 0.3 is 0 Å². The monoisotopic (exact) mass is 384 g/mol. The predicted octanol–water partition coefficient (Wildman–Crippen LogP) is 5.51. The third kappa shape index (κ3) is 4.71. The van der Waals surface area contributed by atoms with Gasteiger partial charge < -0.3 is 4.74 Å². The van der Waals surface area contributed by atoms with E-state index in [-0.39, 0.29) is 5.91 Å². The molecule has 1 N–H and O–H groups in total. The Bertz CT molecular complexity index is 920. The molecule has 6 heteroatoms. The van der Waals surface area contributed by atoms with E-state index in [0.29, 0.717) is 16.8 Å². The van der Waals surface area contributed by atoms with Crippen LogP contribution in [0.15, 0.2) is 60.0 Å². The molecule has 26 heavy (non-hydrogen) atoms. The molecule has 1 aromatic heterocycles. The van der Waals surface area contributed by atoms with Crippen LogP contribution in [0.1, 0.15) is 12.5 Å². The Morgan fingerprint density at radius 1 is 1.23 bits per heavy atom. The lowest BCUT2D eigenvalue weighted by atomic mass is 10.2. The smallest absolute Gasteiger partial charge is 0.250 e. The zero-order valence-electron chi connectivity index (χ0n) is 14.1. The summed E-state index contributed by atoms with van der Waals surface area (Å²) < 4.78 is 5.39. The van der Waals surface area contributed by atoms with Crippen molar-refractivity contribution in [2.24, 2.45) is 0 Å². The van der Waals surface area contributed by atoms with Crippen LogP contribution in [-0.4, -0.2) is 17.5 Å². The molecule has 0 bridgehead atoms. The van der Waals surface area contributed by atoms with E-state index >= 15 is 0 Å². The first-order valence-corrected chi connectivity index (χ1v) is 9.34. The molecule has 3 rings (SSSR count). The van der Waals surface area contributed by atoms with E-state index in [0.717, 1.165) is 22.6 Å². The van der Waals surface area contributed by atoms with Gasteiger partial charge in [-0.3, -0.25) is 10.1 Å². The molecule has 0 aliphatic heterocycles. The number of carbonyl (C=O) groups excluding carboxylic acids is 1. The second-order valence-corrected chi connectivity index (χ2v) is 6.61.